The highest BCUT2D eigenvalue weighted by Gasteiger charge is 2.19. The normalized spacial score (nSPS) is 11.3. The molecule has 0 saturated carbocycles. The average molecular weight is 580 g/mol. The van der Waals surface area contributed by atoms with Gasteiger partial charge in [0.15, 0.2) is 17.5 Å². The molecule has 0 unspecified atom stereocenters. The van der Waals surface area contributed by atoms with Gasteiger partial charge in [0.25, 0.3) is 0 Å². The molecule has 3 heterocycles. The van der Waals surface area contributed by atoms with Crippen LogP contribution in [0.2, 0.25) is 0 Å². The third kappa shape index (κ3) is 4.85. The van der Waals surface area contributed by atoms with Crippen molar-refractivity contribution in [2.45, 2.75) is 13.8 Å². The molecule has 3 aromatic heterocycles. The van der Waals surface area contributed by atoms with E-state index in [0.29, 0.717) is 17.5 Å². The Hall–Kier alpha value is -5.94. The minimum absolute atomic E-state index is 0.620. The summed E-state index contributed by atoms with van der Waals surface area (Å²) in [5.41, 5.74) is 10.8. The summed E-state index contributed by atoms with van der Waals surface area (Å²) in [6.07, 6.45) is 3.66. The number of hydrogen-bond acceptors (Lipinski definition) is 4. The van der Waals surface area contributed by atoms with Gasteiger partial charge in [0.1, 0.15) is 0 Å². The number of aromatic nitrogens is 5. The van der Waals surface area contributed by atoms with Crippen LogP contribution in [0.3, 0.4) is 0 Å². The lowest BCUT2D eigenvalue weighted by Gasteiger charge is -2.15. The highest BCUT2D eigenvalue weighted by molar-refractivity contribution is 6.09. The largest absolute Gasteiger partial charge is 0.309 e. The third-order valence-electron chi connectivity index (χ3n) is 8.27. The molecule has 0 N–H and O–H groups in total. The smallest absolute Gasteiger partial charge is 0.164 e. The van der Waals surface area contributed by atoms with Crippen molar-refractivity contribution in [2.24, 2.45) is 0 Å². The molecule has 8 aromatic rings. The van der Waals surface area contributed by atoms with E-state index in [0.717, 1.165) is 33.5 Å². The number of nitrogens with zero attached hydrogens (tertiary/aromatic N) is 5. The molecule has 0 amide bonds. The quantitative estimate of drug-likeness (QED) is 0.204. The second kappa shape index (κ2) is 11.0. The van der Waals surface area contributed by atoms with E-state index in [1.165, 1.54) is 32.9 Å². The Morgan fingerprint density at radius 1 is 0.444 bits per heavy atom. The summed E-state index contributed by atoms with van der Waals surface area (Å²) >= 11 is 0. The fourth-order valence-electron chi connectivity index (χ4n) is 6.08. The van der Waals surface area contributed by atoms with Crippen molar-refractivity contribution in [3.8, 4) is 51.0 Å². The Labute approximate surface area is 261 Å². The molecular formula is C40H29N5. The molecule has 45 heavy (non-hydrogen) atoms. The van der Waals surface area contributed by atoms with Gasteiger partial charge in [-0.25, -0.2) is 15.0 Å². The summed E-state index contributed by atoms with van der Waals surface area (Å²) in [6.45, 7) is 4.29. The summed E-state index contributed by atoms with van der Waals surface area (Å²) in [4.78, 5) is 19.3. The fourth-order valence-corrected chi connectivity index (χ4v) is 6.08. The summed E-state index contributed by atoms with van der Waals surface area (Å²) in [5.74, 6) is 1.89. The van der Waals surface area contributed by atoms with E-state index in [4.69, 9.17) is 15.0 Å². The second-order valence-corrected chi connectivity index (χ2v) is 11.4. The van der Waals surface area contributed by atoms with E-state index >= 15 is 0 Å². The fraction of sp³-hybridized carbons (Fsp3) is 0.0500. The number of pyridine rings is 1. The van der Waals surface area contributed by atoms with E-state index in [-0.39, 0.29) is 0 Å². The van der Waals surface area contributed by atoms with E-state index in [1.807, 2.05) is 85.2 Å². The Morgan fingerprint density at radius 3 is 1.53 bits per heavy atom. The van der Waals surface area contributed by atoms with Crippen LogP contribution >= 0.6 is 0 Å². The van der Waals surface area contributed by atoms with Gasteiger partial charge in [-0.2, -0.15) is 0 Å². The van der Waals surface area contributed by atoms with Crippen LogP contribution in [0.5, 0.6) is 0 Å². The molecule has 0 aliphatic heterocycles. The molecule has 5 nitrogen and oxygen atoms in total. The van der Waals surface area contributed by atoms with Crippen molar-refractivity contribution >= 4 is 21.8 Å². The van der Waals surface area contributed by atoms with Gasteiger partial charge >= 0.3 is 0 Å². The Morgan fingerprint density at radius 2 is 0.978 bits per heavy atom. The molecule has 0 aliphatic carbocycles. The summed E-state index contributed by atoms with van der Waals surface area (Å²) < 4.78 is 2.37. The van der Waals surface area contributed by atoms with Crippen LogP contribution in [0.15, 0.2) is 140 Å². The van der Waals surface area contributed by atoms with Gasteiger partial charge in [-0.05, 0) is 78.6 Å². The van der Waals surface area contributed by atoms with Crippen LogP contribution in [-0.4, -0.2) is 24.5 Å². The summed E-state index contributed by atoms with van der Waals surface area (Å²) in [6, 6.07) is 44.2. The first-order chi connectivity index (χ1) is 22.1. The first-order valence-electron chi connectivity index (χ1n) is 15.1. The van der Waals surface area contributed by atoms with Gasteiger partial charge in [0.05, 0.1) is 11.0 Å². The lowest BCUT2D eigenvalue weighted by Crippen LogP contribution is -2.02. The standard InChI is InChI=1S/C40H29N5/c1-26-13-16-32-33-17-14-27(2)24-37(33)45(36(32)23-26)31-15-18-34(35(25-31)28-19-21-41-22-20-28)40-43-38(29-9-5-3-6-10-29)42-39(44-40)30-11-7-4-8-12-30/h3-25H,1-2H3. The molecular weight excluding hydrogens is 550 g/mol. The zero-order chi connectivity index (χ0) is 30.3. The number of aryl methyl sites for hydroxylation is 2. The maximum Gasteiger partial charge on any atom is 0.164 e. The van der Waals surface area contributed by atoms with Crippen molar-refractivity contribution in [2.75, 3.05) is 0 Å². The van der Waals surface area contributed by atoms with E-state index in [1.54, 1.807) is 0 Å². The average Bonchev–Trinajstić information content (AvgIpc) is 3.41. The minimum Gasteiger partial charge on any atom is -0.309 e. The summed E-state index contributed by atoms with van der Waals surface area (Å²) in [5, 5.41) is 2.48. The number of rotatable bonds is 5. The predicted octanol–water partition coefficient (Wildman–Crippen LogP) is 9.65. The van der Waals surface area contributed by atoms with Crippen LogP contribution in [0.4, 0.5) is 0 Å². The second-order valence-electron chi connectivity index (χ2n) is 11.4. The van der Waals surface area contributed by atoms with Gasteiger partial charge in [-0.3, -0.25) is 4.98 Å². The molecule has 0 spiro atoms. The molecule has 0 fully saturated rings. The van der Waals surface area contributed by atoms with Crippen LogP contribution < -0.4 is 0 Å². The third-order valence-corrected chi connectivity index (χ3v) is 8.27. The SMILES string of the molecule is Cc1ccc2c3ccc(C)cc3n(-c3ccc(-c4nc(-c5ccccc5)nc(-c5ccccc5)n4)c(-c4ccncc4)c3)c2c1. The van der Waals surface area contributed by atoms with Crippen molar-refractivity contribution in [3.63, 3.8) is 0 Å². The van der Waals surface area contributed by atoms with Gasteiger partial charge in [0.2, 0.25) is 0 Å². The topological polar surface area (TPSA) is 56.5 Å². The van der Waals surface area contributed by atoms with Crippen LogP contribution in [0.1, 0.15) is 11.1 Å². The molecule has 0 bridgehead atoms. The Balaban J connectivity index is 1.40. The number of fused-ring (bicyclic) bond motifs is 3. The molecule has 5 heteroatoms. The molecule has 5 aromatic carbocycles. The Bertz CT molecular complexity index is 2210. The van der Waals surface area contributed by atoms with Gasteiger partial charge in [0, 0.05) is 45.5 Å². The first-order valence-corrected chi connectivity index (χ1v) is 15.1. The molecule has 0 radical (unpaired) electrons. The maximum atomic E-state index is 5.06. The monoisotopic (exact) mass is 579 g/mol. The van der Waals surface area contributed by atoms with Gasteiger partial charge in [-0.1, -0.05) is 84.9 Å². The molecule has 8 rings (SSSR count). The summed E-state index contributed by atoms with van der Waals surface area (Å²) in [7, 11) is 0. The highest BCUT2D eigenvalue weighted by Crippen LogP contribution is 2.38. The molecule has 0 saturated heterocycles. The lowest BCUT2D eigenvalue weighted by atomic mass is 9.98. The van der Waals surface area contributed by atoms with Crippen molar-refractivity contribution in [3.05, 3.63) is 151 Å². The Kier molecular flexibility index (Phi) is 6.50. The molecule has 0 aliphatic rings. The number of hydrogen-bond donors (Lipinski definition) is 0. The maximum absolute atomic E-state index is 5.06. The number of benzene rings is 5. The van der Waals surface area contributed by atoms with Gasteiger partial charge < -0.3 is 4.57 Å². The van der Waals surface area contributed by atoms with E-state index in [2.05, 4.69) is 78.0 Å². The van der Waals surface area contributed by atoms with Crippen LogP contribution in [0.25, 0.3) is 72.8 Å². The molecule has 214 valence electrons. The highest BCUT2D eigenvalue weighted by atomic mass is 15.0. The zero-order valence-corrected chi connectivity index (χ0v) is 25.0. The van der Waals surface area contributed by atoms with Gasteiger partial charge in [-0.15, -0.1) is 0 Å². The van der Waals surface area contributed by atoms with Crippen LogP contribution in [-0.2, 0) is 0 Å². The molecule has 0 atom stereocenters. The van der Waals surface area contributed by atoms with Crippen molar-refractivity contribution in [1.82, 2.24) is 24.5 Å². The lowest BCUT2D eigenvalue weighted by molar-refractivity contribution is 1.07. The van der Waals surface area contributed by atoms with Crippen molar-refractivity contribution < 1.29 is 0 Å². The zero-order valence-electron chi connectivity index (χ0n) is 25.0. The first kappa shape index (κ1) is 26.7. The van der Waals surface area contributed by atoms with E-state index < -0.39 is 0 Å². The van der Waals surface area contributed by atoms with Crippen LogP contribution in [0, 0.1) is 13.8 Å². The minimum atomic E-state index is 0.620. The predicted molar refractivity (Wildman–Crippen MR) is 183 cm³/mol. The van der Waals surface area contributed by atoms with Crippen molar-refractivity contribution in [1.29, 1.82) is 0 Å². The van der Waals surface area contributed by atoms with E-state index in [9.17, 15) is 0 Å².